The van der Waals surface area contributed by atoms with Crippen LogP contribution < -0.4 is 19.1 Å². The molecule has 0 saturated heterocycles. The fraction of sp³-hybridized carbons (Fsp3) is 0.269. The van der Waals surface area contributed by atoms with E-state index in [1.165, 1.54) is 4.31 Å². The number of para-hydroxylation sites is 3. The van der Waals surface area contributed by atoms with E-state index in [1.807, 2.05) is 44.2 Å². The fourth-order valence-corrected chi connectivity index (χ4v) is 5.23. The number of carbonyl (C=O) groups is 1. The molecule has 1 aliphatic heterocycles. The average molecular weight is 481 g/mol. The minimum absolute atomic E-state index is 0.137. The second-order valence-electron chi connectivity index (χ2n) is 8.11. The molecule has 1 amide bonds. The maximum Gasteiger partial charge on any atom is 0.264 e. The molecule has 0 unspecified atom stereocenters. The highest BCUT2D eigenvalue weighted by molar-refractivity contribution is 7.92. The molecule has 178 valence electrons. The minimum atomic E-state index is -3.97. The fourth-order valence-electron chi connectivity index (χ4n) is 3.77. The number of hydrogen-bond donors (Lipinski definition) is 1. The van der Waals surface area contributed by atoms with Gasteiger partial charge in [0.15, 0.2) is 11.5 Å². The van der Waals surface area contributed by atoms with Crippen LogP contribution in [-0.2, 0) is 21.2 Å². The van der Waals surface area contributed by atoms with Crippen LogP contribution in [0, 0.1) is 6.92 Å². The summed E-state index contributed by atoms with van der Waals surface area (Å²) in [6.07, 6.45) is 0.258. The van der Waals surface area contributed by atoms with Gasteiger partial charge >= 0.3 is 0 Å². The normalized spacial score (nSPS) is 14.9. The maximum atomic E-state index is 13.6. The van der Waals surface area contributed by atoms with Crippen molar-refractivity contribution in [3.63, 3.8) is 0 Å². The van der Waals surface area contributed by atoms with Crippen LogP contribution in [0.15, 0.2) is 77.7 Å². The first-order valence-electron chi connectivity index (χ1n) is 11.2. The molecule has 7 nitrogen and oxygen atoms in total. The number of benzene rings is 3. The Balaban J connectivity index is 1.53. The van der Waals surface area contributed by atoms with Crippen molar-refractivity contribution in [2.24, 2.45) is 0 Å². The van der Waals surface area contributed by atoms with Gasteiger partial charge in [0.1, 0.15) is 19.3 Å². The van der Waals surface area contributed by atoms with E-state index in [0.29, 0.717) is 30.2 Å². The van der Waals surface area contributed by atoms with Gasteiger partial charge in [0.05, 0.1) is 17.1 Å². The zero-order chi connectivity index (χ0) is 24.1. The number of hydrogen-bond acceptors (Lipinski definition) is 5. The highest BCUT2D eigenvalue weighted by Gasteiger charge is 2.29. The zero-order valence-corrected chi connectivity index (χ0v) is 20.0. The van der Waals surface area contributed by atoms with Crippen LogP contribution in [0.25, 0.3) is 0 Å². The van der Waals surface area contributed by atoms with Gasteiger partial charge in [0, 0.05) is 0 Å². The molecule has 8 heteroatoms. The molecule has 4 rings (SSSR count). The minimum Gasteiger partial charge on any atom is -0.486 e. The van der Waals surface area contributed by atoms with Gasteiger partial charge in [-0.05, 0) is 49.2 Å². The predicted octanol–water partition coefficient (Wildman–Crippen LogP) is 3.71. The van der Waals surface area contributed by atoms with Crippen molar-refractivity contribution >= 4 is 21.6 Å². The smallest absolute Gasteiger partial charge is 0.264 e. The lowest BCUT2D eigenvalue weighted by Gasteiger charge is -2.28. The van der Waals surface area contributed by atoms with Crippen molar-refractivity contribution in [3.8, 4) is 11.5 Å². The summed E-state index contributed by atoms with van der Waals surface area (Å²) >= 11 is 0. The quantitative estimate of drug-likeness (QED) is 0.531. The van der Waals surface area contributed by atoms with E-state index in [2.05, 4.69) is 5.32 Å². The van der Waals surface area contributed by atoms with E-state index >= 15 is 0 Å². The van der Waals surface area contributed by atoms with Crippen LogP contribution in [0.2, 0.25) is 0 Å². The lowest BCUT2D eigenvalue weighted by atomic mass is 10.1. The number of nitrogens with zero attached hydrogens (tertiary/aromatic N) is 1. The van der Waals surface area contributed by atoms with E-state index in [0.717, 1.165) is 11.1 Å². The number of sulfonamides is 1. The Morgan fingerprint density at radius 3 is 2.41 bits per heavy atom. The summed E-state index contributed by atoms with van der Waals surface area (Å²) < 4.78 is 39.9. The second-order valence-corrected chi connectivity index (χ2v) is 9.97. The molecule has 0 fully saturated rings. The number of anilines is 1. The van der Waals surface area contributed by atoms with Crippen LogP contribution in [0.4, 0.5) is 5.69 Å². The highest BCUT2D eigenvalue weighted by Crippen LogP contribution is 2.31. The van der Waals surface area contributed by atoms with Crippen LogP contribution in [-0.4, -0.2) is 40.1 Å². The van der Waals surface area contributed by atoms with E-state index in [1.54, 1.807) is 42.5 Å². The third kappa shape index (κ3) is 5.17. The molecule has 1 heterocycles. The van der Waals surface area contributed by atoms with Gasteiger partial charge in [0.25, 0.3) is 10.0 Å². The molecule has 0 spiro atoms. The van der Waals surface area contributed by atoms with E-state index in [-0.39, 0.29) is 24.1 Å². The van der Waals surface area contributed by atoms with Crippen molar-refractivity contribution in [1.82, 2.24) is 5.32 Å². The second kappa shape index (κ2) is 10.2. The Hall–Kier alpha value is -3.52. The Bertz CT molecular complexity index is 1260. The summed E-state index contributed by atoms with van der Waals surface area (Å²) in [5, 5.41) is 2.80. The topological polar surface area (TPSA) is 84.9 Å². The molecule has 3 aromatic carbocycles. The van der Waals surface area contributed by atoms with Gasteiger partial charge in [-0.2, -0.15) is 0 Å². The number of carbonyl (C=O) groups excluding carboxylic acids is 1. The first kappa shape index (κ1) is 23.6. The number of ether oxygens (including phenoxy) is 2. The van der Waals surface area contributed by atoms with E-state index < -0.39 is 15.9 Å². The summed E-state index contributed by atoms with van der Waals surface area (Å²) in [5.74, 6) is 0.856. The molecular weight excluding hydrogens is 452 g/mol. The van der Waals surface area contributed by atoms with Gasteiger partial charge in [0.2, 0.25) is 5.91 Å². The Labute approximate surface area is 200 Å². The van der Waals surface area contributed by atoms with Crippen LogP contribution in [0.5, 0.6) is 11.5 Å². The molecule has 1 N–H and O–H groups in total. The van der Waals surface area contributed by atoms with Crippen LogP contribution >= 0.6 is 0 Å². The molecule has 34 heavy (non-hydrogen) atoms. The van der Waals surface area contributed by atoms with Crippen molar-refractivity contribution in [2.45, 2.75) is 31.3 Å². The molecule has 3 aromatic rings. The molecule has 0 saturated carbocycles. The van der Waals surface area contributed by atoms with Crippen molar-refractivity contribution in [1.29, 1.82) is 0 Å². The summed E-state index contributed by atoms with van der Waals surface area (Å²) in [6, 6.07) is 21.2. The lowest BCUT2D eigenvalue weighted by Crippen LogP contribution is -2.45. The lowest BCUT2D eigenvalue weighted by molar-refractivity contribution is -0.120. The summed E-state index contributed by atoms with van der Waals surface area (Å²) in [4.78, 5) is 13.1. The van der Waals surface area contributed by atoms with Crippen molar-refractivity contribution in [2.75, 3.05) is 24.0 Å². The van der Waals surface area contributed by atoms with E-state index in [4.69, 9.17) is 9.47 Å². The van der Waals surface area contributed by atoms with Crippen molar-refractivity contribution < 1.29 is 22.7 Å². The number of amides is 1. The zero-order valence-electron chi connectivity index (χ0n) is 19.2. The van der Waals surface area contributed by atoms with Gasteiger partial charge < -0.3 is 14.8 Å². The van der Waals surface area contributed by atoms with Crippen LogP contribution in [0.3, 0.4) is 0 Å². The first-order valence-corrected chi connectivity index (χ1v) is 12.6. The largest absolute Gasteiger partial charge is 0.486 e. The summed E-state index contributed by atoms with van der Waals surface area (Å²) in [7, 11) is -3.97. The Morgan fingerprint density at radius 1 is 1.00 bits per heavy atom. The Kier molecular flexibility index (Phi) is 7.07. The molecule has 0 aliphatic carbocycles. The molecule has 0 bridgehead atoms. The van der Waals surface area contributed by atoms with Gasteiger partial charge in [-0.25, -0.2) is 8.42 Å². The summed E-state index contributed by atoms with van der Waals surface area (Å²) in [6.45, 7) is 3.98. The molecule has 1 atom stereocenters. The number of nitrogens with one attached hydrogen (secondary N) is 1. The monoisotopic (exact) mass is 480 g/mol. The number of rotatable bonds is 8. The third-order valence-electron chi connectivity index (χ3n) is 5.63. The van der Waals surface area contributed by atoms with E-state index in [9.17, 15) is 13.2 Å². The van der Waals surface area contributed by atoms with Gasteiger partial charge in [-0.3, -0.25) is 9.10 Å². The predicted molar refractivity (Wildman–Crippen MR) is 131 cm³/mol. The highest BCUT2D eigenvalue weighted by atomic mass is 32.2. The molecular formula is C26H28N2O5S. The third-order valence-corrected chi connectivity index (χ3v) is 7.41. The van der Waals surface area contributed by atoms with Crippen LogP contribution in [0.1, 0.15) is 18.1 Å². The van der Waals surface area contributed by atoms with Gasteiger partial charge in [-0.1, -0.05) is 55.0 Å². The SMILES string of the molecule is CCc1ccccc1N(CC(=O)NC[C@@H]1COc2ccccc2O1)S(=O)(=O)c1ccc(C)cc1. The number of aryl methyl sites for hydroxylation is 2. The number of fused-ring (bicyclic) bond motifs is 1. The average Bonchev–Trinajstić information content (AvgIpc) is 2.86. The maximum absolute atomic E-state index is 13.6. The first-order chi connectivity index (χ1) is 16.4. The molecule has 0 radical (unpaired) electrons. The molecule has 1 aliphatic rings. The standard InChI is InChI=1S/C26H28N2O5S/c1-3-20-8-4-5-9-23(20)28(34(30,31)22-14-12-19(2)13-15-22)17-26(29)27-16-21-18-32-24-10-6-7-11-25(24)33-21/h4-15,21H,3,16-18H2,1-2H3,(H,27,29)/t21-/m1/s1. The Morgan fingerprint density at radius 2 is 1.68 bits per heavy atom. The van der Waals surface area contributed by atoms with Gasteiger partial charge in [-0.15, -0.1) is 0 Å². The van der Waals surface area contributed by atoms with Crippen molar-refractivity contribution in [3.05, 3.63) is 83.9 Å². The molecule has 0 aromatic heterocycles. The summed E-state index contributed by atoms with van der Waals surface area (Å²) in [5.41, 5.74) is 2.28.